The molecule has 0 aromatic carbocycles. The fourth-order valence-corrected chi connectivity index (χ4v) is 5.10. The zero-order valence-electron chi connectivity index (χ0n) is 26.1. The van der Waals surface area contributed by atoms with Gasteiger partial charge in [-0.3, -0.25) is 9.59 Å². The van der Waals surface area contributed by atoms with Crippen LogP contribution >= 0.6 is 0 Å². The lowest BCUT2D eigenvalue weighted by atomic mass is 9.85. The number of hydrogen-bond acceptors (Lipinski definition) is 13. The smallest absolute Gasteiger partial charge is 0.308 e. The van der Waals surface area contributed by atoms with E-state index in [1.165, 1.54) is 0 Å². The maximum Gasteiger partial charge on any atom is 0.308 e. The highest BCUT2D eigenvalue weighted by atomic mass is 16.7. The lowest BCUT2D eigenvalue weighted by Gasteiger charge is -2.41. The highest BCUT2D eigenvalue weighted by molar-refractivity contribution is 5.69. The standard InChI is InChI=1S/C30H54O13/c1-5-22-19(2)26(34)20(3)29(40-22)42-24(32)10-6-8-12-37-14-16-39-17-15-38-13-9-7-11-25(33)43-30-21(4)27(35)28(36)23(18-31)41-30/h19-23,26-31,34-36H,5-18H2,1-4H3/t19-,20?,21?,22-,23?,26?,27-,28-,29-,30-/m1/s1. The van der Waals surface area contributed by atoms with Gasteiger partial charge in [-0.25, -0.2) is 0 Å². The maximum absolute atomic E-state index is 12.2. The molecule has 252 valence electrons. The van der Waals surface area contributed by atoms with Gasteiger partial charge in [0.2, 0.25) is 12.6 Å². The van der Waals surface area contributed by atoms with Gasteiger partial charge < -0.3 is 53.6 Å². The lowest BCUT2D eigenvalue weighted by molar-refractivity contribution is -0.274. The third-order valence-electron chi connectivity index (χ3n) is 8.07. The summed E-state index contributed by atoms with van der Waals surface area (Å²) in [6.07, 6.45) is -2.10. The van der Waals surface area contributed by atoms with Crippen LogP contribution in [0.5, 0.6) is 0 Å². The average Bonchev–Trinajstić information content (AvgIpc) is 2.99. The summed E-state index contributed by atoms with van der Waals surface area (Å²) in [7, 11) is 0. The predicted octanol–water partition coefficient (Wildman–Crippen LogP) is 1.31. The van der Waals surface area contributed by atoms with Gasteiger partial charge >= 0.3 is 11.9 Å². The van der Waals surface area contributed by atoms with Crippen LogP contribution in [0.2, 0.25) is 0 Å². The van der Waals surface area contributed by atoms with Crippen LogP contribution in [0.1, 0.15) is 72.6 Å². The maximum atomic E-state index is 12.2. The third-order valence-corrected chi connectivity index (χ3v) is 8.07. The van der Waals surface area contributed by atoms with Crippen molar-refractivity contribution in [1.82, 2.24) is 0 Å². The third kappa shape index (κ3) is 12.8. The largest absolute Gasteiger partial charge is 0.435 e. The molecular formula is C30H54O13. The number of aliphatic hydroxyl groups is 4. The number of hydrogen-bond donors (Lipinski definition) is 4. The first-order valence-corrected chi connectivity index (χ1v) is 15.7. The minimum absolute atomic E-state index is 0.00401. The SMILES string of the molecule is CC[C@H]1O[C@H](OC(=O)CCCCOCCOCCOCCCCC(=O)O[C@H]2OC(CO)[C@@H](O)[C@H](O)C2C)C(C)C(O)[C@@H]1C. The number of aliphatic hydroxyl groups excluding tert-OH is 4. The molecule has 4 unspecified atom stereocenters. The molecule has 2 rings (SSSR count). The van der Waals surface area contributed by atoms with Gasteiger partial charge in [-0.1, -0.05) is 27.7 Å². The Bertz CT molecular complexity index is 717. The zero-order valence-corrected chi connectivity index (χ0v) is 26.1. The Hall–Kier alpha value is -1.42. The fraction of sp³-hybridized carbons (Fsp3) is 0.933. The lowest BCUT2D eigenvalue weighted by Crippen LogP contribution is -2.55. The number of ether oxygens (including phenoxy) is 7. The highest BCUT2D eigenvalue weighted by Crippen LogP contribution is 2.32. The average molecular weight is 623 g/mol. The monoisotopic (exact) mass is 622 g/mol. The van der Waals surface area contributed by atoms with Crippen LogP contribution in [0.3, 0.4) is 0 Å². The Balaban J connectivity index is 1.38. The minimum atomic E-state index is -1.24. The molecule has 0 bridgehead atoms. The molecule has 0 aromatic heterocycles. The van der Waals surface area contributed by atoms with Crippen LogP contribution in [0.15, 0.2) is 0 Å². The van der Waals surface area contributed by atoms with E-state index in [0.29, 0.717) is 65.3 Å². The Morgan fingerprint density at radius 1 is 0.605 bits per heavy atom. The van der Waals surface area contributed by atoms with Crippen LogP contribution in [-0.2, 0) is 42.7 Å². The molecule has 2 aliphatic rings. The van der Waals surface area contributed by atoms with Gasteiger partial charge in [0, 0.05) is 43.8 Å². The molecule has 2 aliphatic heterocycles. The van der Waals surface area contributed by atoms with Crippen molar-refractivity contribution in [2.45, 2.75) is 116 Å². The molecule has 10 atom stereocenters. The summed E-state index contributed by atoms with van der Waals surface area (Å²) in [5.74, 6) is -1.70. The predicted molar refractivity (Wildman–Crippen MR) is 153 cm³/mol. The van der Waals surface area contributed by atoms with Crippen LogP contribution in [-0.4, -0.2) is 122 Å². The van der Waals surface area contributed by atoms with Gasteiger partial charge in [-0.05, 0) is 32.1 Å². The summed E-state index contributed by atoms with van der Waals surface area (Å²) in [6.45, 7) is 9.57. The van der Waals surface area contributed by atoms with Crippen molar-refractivity contribution in [1.29, 1.82) is 0 Å². The molecule has 0 amide bonds. The molecule has 0 saturated carbocycles. The number of rotatable bonds is 20. The minimum Gasteiger partial charge on any atom is -0.435 e. The van der Waals surface area contributed by atoms with Crippen molar-refractivity contribution in [2.75, 3.05) is 46.2 Å². The molecule has 2 heterocycles. The topological polar surface area (TPSA) is 180 Å². The summed E-state index contributed by atoms with van der Waals surface area (Å²) in [4.78, 5) is 24.3. The van der Waals surface area contributed by atoms with E-state index in [9.17, 15) is 30.0 Å². The van der Waals surface area contributed by atoms with E-state index >= 15 is 0 Å². The molecule has 13 heteroatoms. The Morgan fingerprint density at radius 3 is 1.51 bits per heavy atom. The van der Waals surface area contributed by atoms with Crippen molar-refractivity contribution in [3.05, 3.63) is 0 Å². The number of carbonyl (C=O) groups is 2. The molecule has 2 saturated heterocycles. The van der Waals surface area contributed by atoms with E-state index in [4.69, 9.17) is 33.2 Å². The Morgan fingerprint density at radius 2 is 1.05 bits per heavy atom. The van der Waals surface area contributed by atoms with Gasteiger partial charge in [0.15, 0.2) is 0 Å². The Kier molecular flexibility index (Phi) is 18.1. The van der Waals surface area contributed by atoms with E-state index in [1.54, 1.807) is 6.92 Å². The summed E-state index contributed by atoms with van der Waals surface area (Å²) in [5.41, 5.74) is 0. The van der Waals surface area contributed by atoms with Gasteiger partial charge in [0.1, 0.15) is 12.2 Å². The van der Waals surface area contributed by atoms with Crippen LogP contribution in [0.4, 0.5) is 0 Å². The first-order chi connectivity index (χ1) is 20.6. The van der Waals surface area contributed by atoms with E-state index in [0.717, 1.165) is 6.42 Å². The summed E-state index contributed by atoms with van der Waals surface area (Å²) >= 11 is 0. The van der Waals surface area contributed by atoms with Crippen molar-refractivity contribution in [3.63, 3.8) is 0 Å². The van der Waals surface area contributed by atoms with Crippen LogP contribution in [0.25, 0.3) is 0 Å². The summed E-state index contributed by atoms with van der Waals surface area (Å²) in [6, 6.07) is 0. The highest BCUT2D eigenvalue weighted by Gasteiger charge is 2.44. The molecule has 0 aromatic rings. The molecule has 0 radical (unpaired) electrons. The van der Waals surface area contributed by atoms with E-state index in [1.807, 2.05) is 20.8 Å². The van der Waals surface area contributed by atoms with Gasteiger partial charge in [0.05, 0.1) is 51.3 Å². The van der Waals surface area contributed by atoms with Gasteiger partial charge in [0.25, 0.3) is 0 Å². The molecule has 2 fully saturated rings. The molecule has 43 heavy (non-hydrogen) atoms. The van der Waals surface area contributed by atoms with Crippen molar-refractivity contribution < 1.29 is 63.2 Å². The van der Waals surface area contributed by atoms with Gasteiger partial charge in [-0.2, -0.15) is 0 Å². The van der Waals surface area contributed by atoms with E-state index in [2.05, 4.69) is 0 Å². The molecular weight excluding hydrogens is 568 g/mol. The first kappa shape index (κ1) is 37.8. The normalized spacial score (nSPS) is 32.8. The van der Waals surface area contributed by atoms with Gasteiger partial charge in [-0.15, -0.1) is 0 Å². The van der Waals surface area contributed by atoms with Crippen LogP contribution in [0, 0.1) is 17.8 Å². The van der Waals surface area contributed by atoms with Crippen molar-refractivity contribution in [3.8, 4) is 0 Å². The number of esters is 2. The summed E-state index contributed by atoms with van der Waals surface area (Å²) in [5, 5.41) is 39.5. The molecule has 0 spiro atoms. The van der Waals surface area contributed by atoms with E-state index in [-0.39, 0.29) is 36.8 Å². The number of carbonyl (C=O) groups excluding carboxylic acids is 2. The van der Waals surface area contributed by atoms with Crippen molar-refractivity contribution >= 4 is 11.9 Å². The van der Waals surface area contributed by atoms with E-state index < -0.39 is 55.5 Å². The Labute approximate surface area is 255 Å². The first-order valence-electron chi connectivity index (χ1n) is 15.7. The second-order valence-corrected chi connectivity index (χ2v) is 11.5. The molecule has 4 N–H and O–H groups in total. The second-order valence-electron chi connectivity index (χ2n) is 11.5. The summed E-state index contributed by atoms with van der Waals surface area (Å²) < 4.78 is 38.6. The zero-order chi connectivity index (χ0) is 31.8. The van der Waals surface area contributed by atoms with Crippen molar-refractivity contribution in [2.24, 2.45) is 17.8 Å². The fourth-order valence-electron chi connectivity index (χ4n) is 5.10. The number of unbranched alkanes of at least 4 members (excludes halogenated alkanes) is 2. The quantitative estimate of drug-likeness (QED) is 0.113. The van der Waals surface area contributed by atoms with Crippen LogP contribution < -0.4 is 0 Å². The second kappa shape index (κ2) is 20.6. The molecule has 0 aliphatic carbocycles. The molecule has 13 nitrogen and oxygen atoms in total.